The highest BCUT2D eigenvalue weighted by Crippen LogP contribution is 2.42. The smallest absolute Gasteiger partial charge is 0.336 e. The van der Waals surface area contributed by atoms with Crippen molar-refractivity contribution in [2.24, 2.45) is 4.99 Å². The molecular weight excluding hydrogens is 847 g/mol. The highest BCUT2D eigenvalue weighted by molar-refractivity contribution is 6.11. The van der Waals surface area contributed by atoms with Crippen molar-refractivity contribution in [3.05, 3.63) is 119 Å². The SMILES string of the molecule is CN=Cc1ccc2c(-c3ccc(C(=O)Nc4ccc5c(c4)OCCOc4cc(C)ccc4N(CC(=O)OC)CCOCCN5CC(=O)OC)cc3C(=O)O)c3ccc(=[N+](C)C)cc-3oc2c1. The van der Waals surface area contributed by atoms with E-state index in [1.807, 2.05) is 85.1 Å². The molecule has 4 aromatic carbocycles. The van der Waals surface area contributed by atoms with Crippen molar-refractivity contribution in [2.75, 3.05) is 103 Å². The second-order valence-corrected chi connectivity index (χ2v) is 15.7. The minimum absolute atomic E-state index is 0.0295. The Bertz CT molecular complexity index is 2870. The number of carbonyl (C=O) groups is 4. The molecule has 0 bridgehead atoms. The van der Waals surface area contributed by atoms with Crippen LogP contribution >= 0.6 is 0 Å². The van der Waals surface area contributed by atoms with Crippen LogP contribution in [0.4, 0.5) is 17.1 Å². The highest BCUT2D eigenvalue weighted by Gasteiger charge is 2.25. The van der Waals surface area contributed by atoms with E-state index in [0.717, 1.165) is 16.5 Å². The van der Waals surface area contributed by atoms with E-state index in [1.165, 1.54) is 20.3 Å². The molecule has 4 aromatic rings. The summed E-state index contributed by atoms with van der Waals surface area (Å²) in [5.74, 6) is -1.28. The van der Waals surface area contributed by atoms with Crippen molar-refractivity contribution in [1.82, 2.24) is 4.58 Å². The fourth-order valence-electron chi connectivity index (χ4n) is 7.71. The van der Waals surface area contributed by atoms with Crippen molar-refractivity contribution in [3.63, 3.8) is 0 Å². The van der Waals surface area contributed by atoms with Crippen LogP contribution in [0.2, 0.25) is 0 Å². The fourth-order valence-corrected chi connectivity index (χ4v) is 7.71. The molecule has 2 heterocycles. The third-order valence-corrected chi connectivity index (χ3v) is 11.0. The molecule has 0 unspecified atom stereocenters. The molecule has 16 heteroatoms. The van der Waals surface area contributed by atoms with E-state index < -0.39 is 23.8 Å². The van der Waals surface area contributed by atoms with Gasteiger partial charge in [0, 0.05) is 66.2 Å². The molecule has 342 valence electrons. The Morgan fingerprint density at radius 1 is 0.773 bits per heavy atom. The summed E-state index contributed by atoms with van der Waals surface area (Å²) in [6.07, 6.45) is 1.71. The Kier molecular flexibility index (Phi) is 14.6. The average molecular weight is 899 g/mol. The van der Waals surface area contributed by atoms with Crippen molar-refractivity contribution in [1.29, 1.82) is 0 Å². The summed E-state index contributed by atoms with van der Waals surface area (Å²) >= 11 is 0. The average Bonchev–Trinajstić information content (AvgIpc) is 3.31. The number of aromatic carboxylic acids is 1. The molecule has 0 saturated heterocycles. The van der Waals surface area contributed by atoms with Crippen LogP contribution in [0.1, 0.15) is 31.8 Å². The molecule has 0 fully saturated rings. The number of hydrogen-bond acceptors (Lipinski definition) is 13. The number of ether oxygens (including phenoxy) is 5. The van der Waals surface area contributed by atoms with Gasteiger partial charge in [0.2, 0.25) is 5.36 Å². The maximum Gasteiger partial charge on any atom is 0.336 e. The van der Waals surface area contributed by atoms with E-state index in [1.54, 1.807) is 48.5 Å². The van der Waals surface area contributed by atoms with Gasteiger partial charge in [-0.15, -0.1) is 0 Å². The van der Waals surface area contributed by atoms with Gasteiger partial charge in [-0.2, -0.15) is 0 Å². The number of anilines is 3. The molecule has 1 aliphatic carbocycles. The van der Waals surface area contributed by atoms with Gasteiger partial charge in [0.25, 0.3) is 5.91 Å². The van der Waals surface area contributed by atoms with E-state index in [9.17, 15) is 24.3 Å². The number of methoxy groups -OCH3 is 2. The Balaban J connectivity index is 1.21. The second kappa shape index (κ2) is 20.9. The maximum absolute atomic E-state index is 14.0. The number of aliphatic imine (C=N–C) groups is 1. The largest absolute Gasteiger partial charge is 0.488 e. The molecule has 1 amide bonds. The summed E-state index contributed by atoms with van der Waals surface area (Å²) in [4.78, 5) is 59.9. The Hall–Kier alpha value is -7.72. The number of esters is 2. The van der Waals surface area contributed by atoms with Crippen molar-refractivity contribution < 1.29 is 52.4 Å². The number of carbonyl (C=O) groups excluding carboxylic acids is 3. The lowest BCUT2D eigenvalue weighted by atomic mass is 9.89. The maximum atomic E-state index is 14.0. The first-order valence-corrected chi connectivity index (χ1v) is 21.2. The third-order valence-electron chi connectivity index (χ3n) is 11.0. The van der Waals surface area contributed by atoms with E-state index in [-0.39, 0.29) is 57.2 Å². The van der Waals surface area contributed by atoms with Gasteiger partial charge in [0.1, 0.15) is 63.2 Å². The molecule has 3 aliphatic rings. The van der Waals surface area contributed by atoms with Crippen LogP contribution in [0.15, 0.2) is 100 Å². The zero-order valence-electron chi connectivity index (χ0n) is 37.7. The lowest BCUT2D eigenvalue weighted by Crippen LogP contribution is -2.36. The van der Waals surface area contributed by atoms with E-state index in [4.69, 9.17) is 28.1 Å². The predicted molar refractivity (Wildman–Crippen MR) is 252 cm³/mol. The Morgan fingerprint density at radius 2 is 1.42 bits per heavy atom. The minimum atomic E-state index is -1.22. The number of nitrogens with zero attached hydrogens (tertiary/aromatic N) is 4. The number of rotatable bonds is 9. The van der Waals surface area contributed by atoms with Gasteiger partial charge >= 0.3 is 17.9 Å². The molecule has 0 saturated carbocycles. The summed E-state index contributed by atoms with van der Waals surface area (Å²) < 4.78 is 36.9. The van der Waals surface area contributed by atoms with Crippen LogP contribution < -0.4 is 34.5 Å². The summed E-state index contributed by atoms with van der Waals surface area (Å²) in [5, 5.41) is 15.2. The third kappa shape index (κ3) is 10.6. The first-order valence-electron chi connectivity index (χ1n) is 21.2. The van der Waals surface area contributed by atoms with Gasteiger partial charge in [-0.3, -0.25) is 19.4 Å². The Labute approximate surface area is 381 Å². The molecular formula is C50H52N5O11+. The van der Waals surface area contributed by atoms with E-state index in [2.05, 4.69) is 10.3 Å². The summed E-state index contributed by atoms with van der Waals surface area (Å²) in [6.45, 7) is 2.99. The lowest BCUT2D eigenvalue weighted by Gasteiger charge is -2.27. The predicted octanol–water partition coefficient (Wildman–Crippen LogP) is 5.99. The lowest BCUT2D eigenvalue weighted by molar-refractivity contribution is -0.139. The minimum Gasteiger partial charge on any atom is -0.488 e. The van der Waals surface area contributed by atoms with Gasteiger partial charge in [0.05, 0.1) is 50.4 Å². The first kappa shape index (κ1) is 46.3. The number of amides is 1. The normalized spacial score (nSPS) is 13.4. The topological polar surface area (TPSA) is 182 Å². The highest BCUT2D eigenvalue weighted by atomic mass is 16.5. The molecule has 2 N–H and O–H groups in total. The van der Waals surface area contributed by atoms with Crippen LogP contribution in [0.25, 0.3) is 33.4 Å². The molecule has 0 radical (unpaired) electrons. The number of carboxylic acid groups (broad SMARTS) is 1. The second-order valence-electron chi connectivity index (χ2n) is 15.7. The van der Waals surface area contributed by atoms with Crippen LogP contribution in [-0.4, -0.2) is 123 Å². The number of aryl methyl sites for hydroxylation is 1. The Morgan fingerprint density at radius 3 is 2.06 bits per heavy atom. The number of nitrogens with one attached hydrogen (secondary N) is 1. The first-order chi connectivity index (χ1) is 31.9. The van der Waals surface area contributed by atoms with Gasteiger partial charge in [-0.25, -0.2) is 9.37 Å². The quantitative estimate of drug-likeness (QED) is 0.0748. The standard InChI is InChI=1S/C50H51N5O11/c1-31-7-15-40-44(23-31)64-21-22-65-45-26-34(10-16-41(45)55(30-47(57)62-6)18-20-63-19-17-54(40)29-46(56)61-5)52-49(58)33-9-13-36(39(25-33)50(59)60)48-37-12-8-32(28-51-2)24-42(37)66-43-27-35(53(3)4)11-14-38(43)48/h7-16,23-28H,17-22,29-30H2,1-6H3,(H-,51,52,58,59,60)/p+1. The summed E-state index contributed by atoms with van der Waals surface area (Å²) in [7, 11) is 8.16. The number of benzene rings is 5. The summed E-state index contributed by atoms with van der Waals surface area (Å²) in [5.41, 5.74) is 5.61. The number of fused-ring (bicyclic) bond motifs is 4. The van der Waals surface area contributed by atoms with Crippen LogP contribution in [0.5, 0.6) is 11.5 Å². The van der Waals surface area contributed by atoms with Gasteiger partial charge in [-0.1, -0.05) is 18.2 Å². The van der Waals surface area contributed by atoms with Crippen molar-refractivity contribution in [2.45, 2.75) is 6.92 Å². The van der Waals surface area contributed by atoms with Crippen molar-refractivity contribution in [3.8, 4) is 33.9 Å². The van der Waals surface area contributed by atoms with Gasteiger partial charge < -0.3 is 48.3 Å². The molecule has 66 heavy (non-hydrogen) atoms. The van der Waals surface area contributed by atoms with Gasteiger partial charge in [-0.05, 0) is 78.2 Å². The summed E-state index contributed by atoms with van der Waals surface area (Å²) in [6, 6.07) is 26.6. The zero-order chi connectivity index (χ0) is 46.9. The number of carboxylic acids is 1. The van der Waals surface area contributed by atoms with E-state index >= 15 is 0 Å². The molecule has 16 nitrogen and oxygen atoms in total. The van der Waals surface area contributed by atoms with Crippen molar-refractivity contribution >= 4 is 58.1 Å². The molecule has 7 rings (SSSR count). The van der Waals surface area contributed by atoms with Crippen LogP contribution in [0, 0.1) is 6.92 Å². The van der Waals surface area contributed by atoms with Gasteiger partial charge in [0.15, 0.2) is 0 Å². The molecule has 0 atom stereocenters. The van der Waals surface area contributed by atoms with Crippen LogP contribution in [-0.2, 0) is 23.8 Å². The molecule has 0 aromatic heterocycles. The zero-order valence-corrected chi connectivity index (χ0v) is 37.7. The molecule has 0 spiro atoms. The molecule has 2 aliphatic heterocycles. The fraction of sp³-hybridized carbons (Fsp3) is 0.280. The van der Waals surface area contributed by atoms with Crippen LogP contribution in [0.3, 0.4) is 0 Å². The number of hydrogen-bond donors (Lipinski definition) is 2. The van der Waals surface area contributed by atoms with E-state index in [0.29, 0.717) is 68.5 Å². The monoisotopic (exact) mass is 898 g/mol.